The summed E-state index contributed by atoms with van der Waals surface area (Å²) in [5.41, 5.74) is 3.95. The Morgan fingerprint density at radius 3 is 3.00 bits per heavy atom. The molecule has 0 aliphatic rings. The van der Waals surface area contributed by atoms with Crippen LogP contribution in [-0.4, -0.2) is 29.1 Å². The standard InChI is InChI=1S/C15H19N3O2S/c1-5-7-16-15-18-11(8-21-15)13-9(3)12(10(4)17-13)14(19)20-6-2/h5,8,17H,1,6-7H2,2-4H3,(H,16,18). The zero-order chi connectivity index (χ0) is 15.4. The average Bonchev–Trinajstić information content (AvgIpc) is 3.01. The van der Waals surface area contributed by atoms with Gasteiger partial charge in [-0.2, -0.15) is 0 Å². The Bertz CT molecular complexity index is 658. The first-order valence-electron chi connectivity index (χ1n) is 6.75. The molecule has 0 atom stereocenters. The van der Waals surface area contributed by atoms with E-state index in [9.17, 15) is 4.79 Å². The molecular weight excluding hydrogens is 286 g/mol. The lowest BCUT2D eigenvalue weighted by Crippen LogP contribution is -2.06. The van der Waals surface area contributed by atoms with E-state index in [2.05, 4.69) is 21.9 Å². The Morgan fingerprint density at radius 1 is 1.57 bits per heavy atom. The minimum absolute atomic E-state index is 0.296. The van der Waals surface area contributed by atoms with Crippen LogP contribution in [0, 0.1) is 13.8 Å². The number of nitrogens with zero attached hydrogens (tertiary/aromatic N) is 1. The SMILES string of the molecule is C=CCNc1nc(-c2[nH]c(C)c(C(=O)OCC)c2C)cs1. The molecule has 0 unspecified atom stereocenters. The molecule has 0 aliphatic heterocycles. The van der Waals surface area contributed by atoms with Gasteiger partial charge in [0, 0.05) is 17.6 Å². The van der Waals surface area contributed by atoms with Gasteiger partial charge in [0.05, 0.1) is 17.9 Å². The second kappa shape index (κ2) is 6.58. The van der Waals surface area contributed by atoms with Crippen LogP contribution >= 0.6 is 11.3 Å². The lowest BCUT2D eigenvalue weighted by molar-refractivity contribution is 0.0525. The summed E-state index contributed by atoms with van der Waals surface area (Å²) in [5.74, 6) is -0.296. The number of ether oxygens (including phenoxy) is 1. The summed E-state index contributed by atoms with van der Waals surface area (Å²) in [6, 6.07) is 0. The molecule has 0 saturated carbocycles. The highest BCUT2D eigenvalue weighted by molar-refractivity contribution is 7.14. The zero-order valence-electron chi connectivity index (χ0n) is 12.4. The molecule has 5 nitrogen and oxygen atoms in total. The Labute approximate surface area is 128 Å². The van der Waals surface area contributed by atoms with Gasteiger partial charge >= 0.3 is 5.97 Å². The third kappa shape index (κ3) is 3.16. The van der Waals surface area contributed by atoms with Crippen molar-refractivity contribution in [3.63, 3.8) is 0 Å². The number of hydrogen-bond donors (Lipinski definition) is 2. The van der Waals surface area contributed by atoms with E-state index in [0.717, 1.165) is 27.8 Å². The predicted molar refractivity (Wildman–Crippen MR) is 86.0 cm³/mol. The molecule has 0 fully saturated rings. The minimum atomic E-state index is -0.296. The van der Waals surface area contributed by atoms with E-state index in [1.807, 2.05) is 19.2 Å². The number of aromatic nitrogens is 2. The van der Waals surface area contributed by atoms with Gasteiger partial charge in [0.15, 0.2) is 5.13 Å². The highest BCUT2D eigenvalue weighted by Gasteiger charge is 2.21. The molecule has 0 aliphatic carbocycles. The number of carbonyl (C=O) groups excluding carboxylic acids is 1. The fourth-order valence-corrected chi connectivity index (χ4v) is 2.86. The molecular formula is C15H19N3O2S. The second-order valence-corrected chi connectivity index (χ2v) is 5.41. The van der Waals surface area contributed by atoms with Crippen LogP contribution in [0.2, 0.25) is 0 Å². The normalized spacial score (nSPS) is 10.4. The molecule has 2 aromatic heterocycles. The lowest BCUT2D eigenvalue weighted by atomic mass is 10.1. The maximum absolute atomic E-state index is 12.0. The Hall–Kier alpha value is -2.08. The van der Waals surface area contributed by atoms with Gasteiger partial charge in [-0.3, -0.25) is 0 Å². The fraction of sp³-hybridized carbons (Fsp3) is 0.333. The van der Waals surface area contributed by atoms with Crippen LogP contribution in [0.5, 0.6) is 0 Å². The van der Waals surface area contributed by atoms with E-state index in [-0.39, 0.29) is 5.97 Å². The van der Waals surface area contributed by atoms with Crippen LogP contribution in [0.25, 0.3) is 11.4 Å². The van der Waals surface area contributed by atoms with Crippen LogP contribution in [0.15, 0.2) is 18.0 Å². The van der Waals surface area contributed by atoms with Crippen LogP contribution in [0.1, 0.15) is 28.5 Å². The van der Waals surface area contributed by atoms with Gasteiger partial charge in [0.2, 0.25) is 0 Å². The van der Waals surface area contributed by atoms with Gasteiger partial charge < -0.3 is 15.0 Å². The number of anilines is 1. The smallest absolute Gasteiger partial charge is 0.340 e. The predicted octanol–water partition coefficient (Wildman–Crippen LogP) is 3.53. The largest absolute Gasteiger partial charge is 0.462 e. The molecule has 0 amide bonds. The van der Waals surface area contributed by atoms with E-state index < -0.39 is 0 Å². The number of thiazole rings is 1. The van der Waals surface area contributed by atoms with Gasteiger partial charge in [-0.25, -0.2) is 9.78 Å². The molecule has 0 bridgehead atoms. The van der Waals surface area contributed by atoms with Crippen molar-refractivity contribution in [2.75, 3.05) is 18.5 Å². The highest BCUT2D eigenvalue weighted by atomic mass is 32.1. The molecule has 0 saturated heterocycles. The molecule has 0 radical (unpaired) electrons. The molecule has 2 aromatic rings. The number of rotatable bonds is 6. The van der Waals surface area contributed by atoms with Gasteiger partial charge in [-0.05, 0) is 26.3 Å². The third-order valence-corrected chi connectivity index (χ3v) is 3.88. The van der Waals surface area contributed by atoms with Crippen molar-refractivity contribution in [2.24, 2.45) is 0 Å². The average molecular weight is 305 g/mol. The number of esters is 1. The highest BCUT2D eigenvalue weighted by Crippen LogP contribution is 2.30. The second-order valence-electron chi connectivity index (χ2n) is 4.55. The van der Waals surface area contributed by atoms with Crippen molar-refractivity contribution in [3.8, 4) is 11.4 Å². The van der Waals surface area contributed by atoms with Crippen LogP contribution < -0.4 is 5.32 Å². The number of aromatic amines is 1. The first-order valence-corrected chi connectivity index (χ1v) is 7.63. The van der Waals surface area contributed by atoms with Gasteiger partial charge in [-0.15, -0.1) is 17.9 Å². The molecule has 21 heavy (non-hydrogen) atoms. The maximum Gasteiger partial charge on any atom is 0.340 e. The van der Waals surface area contributed by atoms with Gasteiger partial charge in [0.25, 0.3) is 0 Å². The molecule has 0 spiro atoms. The minimum Gasteiger partial charge on any atom is -0.462 e. The molecule has 2 rings (SSSR count). The van der Waals surface area contributed by atoms with Crippen molar-refractivity contribution >= 4 is 22.4 Å². The summed E-state index contributed by atoms with van der Waals surface area (Å²) in [6.07, 6.45) is 1.78. The maximum atomic E-state index is 12.0. The molecule has 2 heterocycles. The topological polar surface area (TPSA) is 67.0 Å². The van der Waals surface area contributed by atoms with Crippen molar-refractivity contribution in [1.29, 1.82) is 0 Å². The summed E-state index contributed by atoms with van der Waals surface area (Å²) in [6.45, 7) is 10.3. The molecule has 6 heteroatoms. The van der Waals surface area contributed by atoms with Crippen molar-refractivity contribution in [1.82, 2.24) is 9.97 Å². The zero-order valence-corrected chi connectivity index (χ0v) is 13.3. The first-order chi connectivity index (χ1) is 10.1. The number of nitrogens with one attached hydrogen (secondary N) is 2. The van der Waals surface area contributed by atoms with E-state index in [4.69, 9.17) is 4.74 Å². The monoisotopic (exact) mass is 305 g/mol. The van der Waals surface area contributed by atoms with Crippen LogP contribution in [-0.2, 0) is 4.74 Å². The van der Waals surface area contributed by atoms with Crippen molar-refractivity contribution in [3.05, 3.63) is 34.9 Å². The summed E-state index contributed by atoms with van der Waals surface area (Å²) in [5, 5.41) is 5.94. The number of aryl methyl sites for hydroxylation is 1. The van der Waals surface area contributed by atoms with Crippen molar-refractivity contribution in [2.45, 2.75) is 20.8 Å². The summed E-state index contributed by atoms with van der Waals surface area (Å²) >= 11 is 1.52. The van der Waals surface area contributed by atoms with Crippen LogP contribution in [0.4, 0.5) is 5.13 Å². The van der Waals surface area contributed by atoms with Crippen molar-refractivity contribution < 1.29 is 9.53 Å². The molecule has 112 valence electrons. The summed E-state index contributed by atoms with van der Waals surface area (Å²) < 4.78 is 5.10. The fourth-order valence-electron chi connectivity index (χ4n) is 2.14. The van der Waals surface area contributed by atoms with E-state index in [1.165, 1.54) is 11.3 Å². The Balaban J connectivity index is 2.32. The van der Waals surface area contributed by atoms with Crippen LogP contribution in [0.3, 0.4) is 0 Å². The Morgan fingerprint density at radius 2 is 2.33 bits per heavy atom. The molecule has 0 aromatic carbocycles. The summed E-state index contributed by atoms with van der Waals surface area (Å²) in [4.78, 5) is 19.7. The van der Waals surface area contributed by atoms with Gasteiger partial charge in [0.1, 0.15) is 5.69 Å². The lowest BCUT2D eigenvalue weighted by Gasteiger charge is -2.02. The Kier molecular flexibility index (Phi) is 4.80. The third-order valence-electron chi connectivity index (χ3n) is 3.08. The first kappa shape index (κ1) is 15.3. The number of carbonyl (C=O) groups is 1. The summed E-state index contributed by atoms with van der Waals surface area (Å²) in [7, 11) is 0. The van der Waals surface area contributed by atoms with E-state index in [1.54, 1.807) is 13.0 Å². The van der Waals surface area contributed by atoms with E-state index >= 15 is 0 Å². The van der Waals surface area contributed by atoms with Gasteiger partial charge in [-0.1, -0.05) is 6.08 Å². The molecule has 2 N–H and O–H groups in total. The number of hydrogen-bond acceptors (Lipinski definition) is 5. The van der Waals surface area contributed by atoms with E-state index in [0.29, 0.717) is 18.7 Å². The quantitative estimate of drug-likeness (QED) is 0.633. The number of H-pyrrole nitrogens is 1.